The molecule has 9 heteroatoms. The molecule has 0 aromatic heterocycles. The molecular formula is C20H25ClN4O4. The first-order chi connectivity index (χ1) is 14.0. The second-order valence-electron chi connectivity index (χ2n) is 7.03. The third-order valence-electron chi connectivity index (χ3n) is 4.96. The predicted octanol–water partition coefficient (Wildman–Crippen LogP) is 2.40. The van der Waals surface area contributed by atoms with Gasteiger partial charge in [-0.15, -0.1) is 0 Å². The molecule has 1 N–H and O–H groups in total. The Morgan fingerprint density at radius 1 is 1.21 bits per heavy atom. The lowest BCUT2D eigenvalue weighted by atomic mass is 10.0. The van der Waals surface area contributed by atoms with Gasteiger partial charge in [-0.25, -0.2) is 9.80 Å². The fourth-order valence-electron chi connectivity index (χ4n) is 3.40. The standard InChI is InChI=1S/C20H25ClN4O4/c1-2-29-20(28)24-11-9-16(10-12-24)22-18(26)13-25-19(27)8-7-17(23-25)14-3-5-15(21)6-4-14/h3-6,16H,2,7-13H2,1H3,(H,22,26). The molecule has 0 saturated carbocycles. The van der Waals surface area contributed by atoms with E-state index >= 15 is 0 Å². The summed E-state index contributed by atoms with van der Waals surface area (Å²) >= 11 is 5.92. The first-order valence-corrected chi connectivity index (χ1v) is 10.2. The van der Waals surface area contributed by atoms with Crippen LogP contribution in [0, 0.1) is 0 Å². The fourth-order valence-corrected chi connectivity index (χ4v) is 3.53. The minimum absolute atomic E-state index is 0.0345. The summed E-state index contributed by atoms with van der Waals surface area (Å²) in [6.07, 6.45) is 1.83. The molecule has 0 bridgehead atoms. The van der Waals surface area contributed by atoms with E-state index in [1.54, 1.807) is 24.0 Å². The molecule has 2 heterocycles. The van der Waals surface area contributed by atoms with Crippen molar-refractivity contribution in [2.75, 3.05) is 26.2 Å². The van der Waals surface area contributed by atoms with Gasteiger partial charge in [-0.3, -0.25) is 9.59 Å². The number of carbonyl (C=O) groups excluding carboxylic acids is 3. The third-order valence-corrected chi connectivity index (χ3v) is 5.21. The van der Waals surface area contributed by atoms with Gasteiger partial charge >= 0.3 is 6.09 Å². The third kappa shape index (κ3) is 5.69. The number of likely N-dealkylation sites (tertiary alicyclic amines) is 1. The number of nitrogens with one attached hydrogen (secondary N) is 1. The van der Waals surface area contributed by atoms with Crippen LogP contribution in [0.1, 0.15) is 38.2 Å². The van der Waals surface area contributed by atoms with Gasteiger partial charge in [0.05, 0.1) is 12.3 Å². The van der Waals surface area contributed by atoms with Crippen molar-refractivity contribution in [2.45, 2.75) is 38.6 Å². The largest absolute Gasteiger partial charge is 0.450 e. The Morgan fingerprint density at radius 3 is 2.55 bits per heavy atom. The number of piperidine rings is 1. The second kappa shape index (κ2) is 9.73. The van der Waals surface area contributed by atoms with E-state index < -0.39 is 0 Å². The smallest absolute Gasteiger partial charge is 0.409 e. The van der Waals surface area contributed by atoms with E-state index in [4.69, 9.17) is 16.3 Å². The highest BCUT2D eigenvalue weighted by atomic mass is 35.5. The Morgan fingerprint density at radius 2 is 1.90 bits per heavy atom. The van der Waals surface area contributed by atoms with E-state index in [0.29, 0.717) is 50.4 Å². The summed E-state index contributed by atoms with van der Waals surface area (Å²) in [6.45, 7) is 3.07. The summed E-state index contributed by atoms with van der Waals surface area (Å²) in [5.41, 5.74) is 1.65. The van der Waals surface area contributed by atoms with Crippen molar-refractivity contribution >= 4 is 35.2 Å². The van der Waals surface area contributed by atoms with Crippen LogP contribution in [-0.2, 0) is 14.3 Å². The monoisotopic (exact) mass is 420 g/mol. The van der Waals surface area contributed by atoms with Crippen LogP contribution in [0.25, 0.3) is 0 Å². The van der Waals surface area contributed by atoms with Gasteiger partial charge in [-0.1, -0.05) is 23.7 Å². The van der Waals surface area contributed by atoms with Gasteiger partial charge in [0, 0.05) is 37.0 Å². The van der Waals surface area contributed by atoms with Crippen LogP contribution in [0.15, 0.2) is 29.4 Å². The van der Waals surface area contributed by atoms with E-state index in [1.165, 1.54) is 5.01 Å². The fraction of sp³-hybridized carbons (Fsp3) is 0.500. The number of rotatable bonds is 5. The van der Waals surface area contributed by atoms with Gasteiger partial charge in [-0.2, -0.15) is 5.10 Å². The lowest BCUT2D eigenvalue weighted by Gasteiger charge is -2.32. The maximum atomic E-state index is 12.4. The van der Waals surface area contributed by atoms with Crippen molar-refractivity contribution in [3.63, 3.8) is 0 Å². The van der Waals surface area contributed by atoms with Gasteiger partial charge < -0.3 is 15.0 Å². The maximum Gasteiger partial charge on any atom is 0.409 e. The van der Waals surface area contributed by atoms with Gasteiger partial charge in [0.2, 0.25) is 11.8 Å². The Labute approximate surface area is 174 Å². The van der Waals surface area contributed by atoms with Gasteiger partial charge in [0.1, 0.15) is 6.54 Å². The molecule has 1 saturated heterocycles. The molecule has 1 aromatic carbocycles. The zero-order chi connectivity index (χ0) is 20.8. The Hall–Kier alpha value is -2.61. The number of carbonyl (C=O) groups is 3. The molecule has 0 radical (unpaired) electrons. The van der Waals surface area contributed by atoms with Crippen LogP contribution >= 0.6 is 11.6 Å². The normalized spacial score (nSPS) is 17.7. The van der Waals surface area contributed by atoms with Crippen LogP contribution in [0.5, 0.6) is 0 Å². The molecule has 0 aliphatic carbocycles. The van der Waals surface area contributed by atoms with E-state index in [2.05, 4.69) is 10.4 Å². The summed E-state index contributed by atoms with van der Waals surface area (Å²) in [6, 6.07) is 7.22. The zero-order valence-corrected chi connectivity index (χ0v) is 17.2. The summed E-state index contributed by atoms with van der Waals surface area (Å²) < 4.78 is 5.00. The SMILES string of the molecule is CCOC(=O)N1CCC(NC(=O)CN2N=C(c3ccc(Cl)cc3)CCC2=O)CC1. The minimum Gasteiger partial charge on any atom is -0.450 e. The van der Waals surface area contributed by atoms with Crippen LogP contribution in [0.4, 0.5) is 4.79 Å². The molecule has 0 atom stereocenters. The number of amides is 3. The molecule has 0 spiro atoms. The summed E-state index contributed by atoms with van der Waals surface area (Å²) in [5.74, 6) is -0.427. The highest BCUT2D eigenvalue weighted by Crippen LogP contribution is 2.18. The first-order valence-electron chi connectivity index (χ1n) is 9.81. The quantitative estimate of drug-likeness (QED) is 0.791. The zero-order valence-electron chi connectivity index (χ0n) is 16.4. The number of hydrogen-bond acceptors (Lipinski definition) is 5. The predicted molar refractivity (Wildman–Crippen MR) is 109 cm³/mol. The molecule has 2 aliphatic heterocycles. The van der Waals surface area contributed by atoms with E-state index in [9.17, 15) is 14.4 Å². The van der Waals surface area contributed by atoms with Crippen molar-refractivity contribution < 1.29 is 19.1 Å². The lowest BCUT2D eigenvalue weighted by Crippen LogP contribution is -2.49. The molecule has 8 nitrogen and oxygen atoms in total. The molecule has 156 valence electrons. The second-order valence-corrected chi connectivity index (χ2v) is 7.47. The summed E-state index contributed by atoms with van der Waals surface area (Å²) in [7, 11) is 0. The topological polar surface area (TPSA) is 91.3 Å². The van der Waals surface area contributed by atoms with Crippen LogP contribution in [0.2, 0.25) is 5.02 Å². The van der Waals surface area contributed by atoms with Crippen LogP contribution in [-0.4, -0.2) is 65.8 Å². The molecule has 3 amide bonds. The molecule has 1 aromatic rings. The number of hydrazone groups is 1. The minimum atomic E-state index is -0.319. The molecule has 0 unspecified atom stereocenters. The van der Waals surface area contributed by atoms with E-state index in [0.717, 1.165) is 11.3 Å². The highest BCUT2D eigenvalue weighted by Gasteiger charge is 2.27. The van der Waals surface area contributed by atoms with E-state index in [-0.39, 0.29) is 30.5 Å². The van der Waals surface area contributed by atoms with Crippen LogP contribution in [0.3, 0.4) is 0 Å². The van der Waals surface area contributed by atoms with Crippen molar-refractivity contribution in [1.29, 1.82) is 0 Å². The number of halogens is 1. The molecular weight excluding hydrogens is 396 g/mol. The van der Waals surface area contributed by atoms with Gasteiger partial charge in [0.25, 0.3) is 0 Å². The van der Waals surface area contributed by atoms with Crippen molar-refractivity contribution in [1.82, 2.24) is 15.2 Å². The molecule has 1 fully saturated rings. The number of ether oxygens (including phenoxy) is 1. The van der Waals surface area contributed by atoms with Crippen LogP contribution < -0.4 is 5.32 Å². The van der Waals surface area contributed by atoms with Gasteiger partial charge in [-0.05, 0) is 37.5 Å². The van der Waals surface area contributed by atoms with Gasteiger partial charge in [0.15, 0.2) is 0 Å². The number of nitrogens with zero attached hydrogens (tertiary/aromatic N) is 3. The maximum absolute atomic E-state index is 12.4. The van der Waals surface area contributed by atoms with E-state index in [1.807, 2.05) is 12.1 Å². The molecule has 29 heavy (non-hydrogen) atoms. The molecule has 2 aliphatic rings. The van der Waals surface area contributed by atoms with Crippen molar-refractivity contribution in [2.24, 2.45) is 5.10 Å². The first kappa shape index (κ1) is 21.1. The molecule has 3 rings (SSSR count). The Balaban J connectivity index is 1.53. The average molecular weight is 421 g/mol. The van der Waals surface area contributed by atoms with Crippen molar-refractivity contribution in [3.8, 4) is 0 Å². The Bertz CT molecular complexity index is 788. The summed E-state index contributed by atoms with van der Waals surface area (Å²) in [5, 5.41) is 9.18. The summed E-state index contributed by atoms with van der Waals surface area (Å²) in [4.78, 5) is 38.0. The number of hydrogen-bond donors (Lipinski definition) is 1. The Kier molecular flexibility index (Phi) is 7.09. The average Bonchev–Trinajstić information content (AvgIpc) is 2.71. The highest BCUT2D eigenvalue weighted by molar-refractivity contribution is 6.30. The van der Waals surface area contributed by atoms with Crippen molar-refractivity contribution in [3.05, 3.63) is 34.9 Å². The lowest BCUT2D eigenvalue weighted by molar-refractivity contribution is -0.136. The number of benzene rings is 1.